The Morgan fingerprint density at radius 2 is 1.81 bits per heavy atom. The first-order valence-corrected chi connectivity index (χ1v) is 5.24. The van der Waals surface area contributed by atoms with Gasteiger partial charge in [-0.05, 0) is 5.56 Å². The van der Waals surface area contributed by atoms with Crippen molar-refractivity contribution in [2.45, 2.75) is 32.0 Å². The molecule has 0 aromatic heterocycles. The van der Waals surface area contributed by atoms with E-state index in [0.29, 0.717) is 5.56 Å². The predicted octanol–water partition coefficient (Wildman–Crippen LogP) is 1.17. The van der Waals surface area contributed by atoms with Gasteiger partial charge >= 0.3 is 5.97 Å². The van der Waals surface area contributed by atoms with Crippen LogP contribution < -0.4 is 5.32 Å². The van der Waals surface area contributed by atoms with E-state index in [9.17, 15) is 9.90 Å². The van der Waals surface area contributed by atoms with Crippen LogP contribution in [0.1, 0.15) is 25.5 Å². The minimum Gasteiger partial charge on any atom is -0.480 e. The van der Waals surface area contributed by atoms with Crippen LogP contribution in [0.2, 0.25) is 0 Å². The highest BCUT2D eigenvalue weighted by Gasteiger charge is 2.27. The Morgan fingerprint density at radius 1 is 1.25 bits per heavy atom. The summed E-state index contributed by atoms with van der Waals surface area (Å²) in [5.74, 6) is -1.05. The first kappa shape index (κ1) is 12.7. The van der Waals surface area contributed by atoms with Crippen LogP contribution in [0.15, 0.2) is 30.3 Å². The van der Waals surface area contributed by atoms with Crippen LogP contribution in [0, 0.1) is 0 Å². The summed E-state index contributed by atoms with van der Waals surface area (Å²) in [5, 5.41) is 21.8. The van der Waals surface area contributed by atoms with E-state index < -0.39 is 18.1 Å². The summed E-state index contributed by atoms with van der Waals surface area (Å²) in [6.45, 7) is 3.68. The third-order valence-corrected chi connectivity index (χ3v) is 2.24. The molecule has 0 spiro atoms. The van der Waals surface area contributed by atoms with Crippen molar-refractivity contribution in [2.75, 3.05) is 0 Å². The molecule has 4 heteroatoms. The van der Waals surface area contributed by atoms with Gasteiger partial charge in [0, 0.05) is 6.04 Å². The minimum atomic E-state index is -1.05. The number of aliphatic carboxylic acids is 1. The van der Waals surface area contributed by atoms with Crippen LogP contribution in [0.4, 0.5) is 0 Å². The minimum absolute atomic E-state index is 0.000498. The molecule has 0 aliphatic rings. The molecular weight excluding hydrogens is 206 g/mol. The van der Waals surface area contributed by atoms with E-state index in [1.807, 2.05) is 19.9 Å². The molecule has 0 saturated carbocycles. The molecule has 0 heterocycles. The molecule has 0 bridgehead atoms. The number of aliphatic hydroxyl groups excluding tert-OH is 1. The molecule has 16 heavy (non-hydrogen) atoms. The fourth-order valence-corrected chi connectivity index (χ4v) is 1.50. The van der Waals surface area contributed by atoms with Crippen LogP contribution in [0.3, 0.4) is 0 Å². The SMILES string of the molecule is CC(C)NC(C(=O)O)C(O)c1ccccc1. The Labute approximate surface area is 94.9 Å². The topological polar surface area (TPSA) is 69.6 Å². The van der Waals surface area contributed by atoms with Gasteiger partial charge in [0.1, 0.15) is 12.1 Å². The molecule has 2 atom stereocenters. The molecule has 1 aromatic rings. The predicted molar refractivity (Wildman–Crippen MR) is 61.1 cm³/mol. The van der Waals surface area contributed by atoms with E-state index >= 15 is 0 Å². The lowest BCUT2D eigenvalue weighted by molar-refractivity contribution is -0.142. The Morgan fingerprint density at radius 3 is 2.25 bits per heavy atom. The molecule has 1 rings (SSSR count). The number of benzene rings is 1. The van der Waals surface area contributed by atoms with Gasteiger partial charge in [0.2, 0.25) is 0 Å². The van der Waals surface area contributed by atoms with Crippen molar-refractivity contribution in [3.05, 3.63) is 35.9 Å². The second-order valence-corrected chi connectivity index (χ2v) is 3.99. The summed E-state index contributed by atoms with van der Waals surface area (Å²) in [6.07, 6.45) is -1.04. The van der Waals surface area contributed by atoms with E-state index in [0.717, 1.165) is 0 Å². The summed E-state index contributed by atoms with van der Waals surface area (Å²) < 4.78 is 0. The van der Waals surface area contributed by atoms with Crippen molar-refractivity contribution in [2.24, 2.45) is 0 Å². The monoisotopic (exact) mass is 223 g/mol. The number of hydrogen-bond donors (Lipinski definition) is 3. The molecule has 0 amide bonds. The number of carboxylic acids is 1. The Balaban J connectivity index is 2.83. The summed E-state index contributed by atoms with van der Waals surface area (Å²) in [7, 11) is 0. The van der Waals surface area contributed by atoms with Gasteiger partial charge in [0.25, 0.3) is 0 Å². The average Bonchev–Trinajstić information content (AvgIpc) is 2.25. The number of carbonyl (C=O) groups is 1. The molecule has 4 nitrogen and oxygen atoms in total. The highest BCUT2D eigenvalue weighted by molar-refractivity contribution is 5.74. The summed E-state index contributed by atoms with van der Waals surface area (Å²) >= 11 is 0. The lowest BCUT2D eigenvalue weighted by atomic mass is 10.0. The van der Waals surface area contributed by atoms with Crippen molar-refractivity contribution in [3.8, 4) is 0 Å². The van der Waals surface area contributed by atoms with Gasteiger partial charge in [-0.3, -0.25) is 10.1 Å². The highest BCUT2D eigenvalue weighted by atomic mass is 16.4. The maximum absolute atomic E-state index is 11.0. The molecule has 2 unspecified atom stereocenters. The molecule has 0 aliphatic carbocycles. The van der Waals surface area contributed by atoms with Crippen molar-refractivity contribution in [1.82, 2.24) is 5.32 Å². The largest absolute Gasteiger partial charge is 0.480 e. The van der Waals surface area contributed by atoms with Crippen molar-refractivity contribution < 1.29 is 15.0 Å². The second-order valence-electron chi connectivity index (χ2n) is 3.99. The summed E-state index contributed by atoms with van der Waals surface area (Å²) in [4.78, 5) is 11.0. The molecule has 0 fully saturated rings. The normalized spacial score (nSPS) is 14.8. The number of aliphatic hydroxyl groups is 1. The van der Waals surface area contributed by atoms with Crippen LogP contribution in [0.25, 0.3) is 0 Å². The molecule has 0 saturated heterocycles. The molecule has 3 N–H and O–H groups in total. The van der Waals surface area contributed by atoms with Crippen LogP contribution in [-0.2, 0) is 4.79 Å². The van der Waals surface area contributed by atoms with Gasteiger partial charge in [-0.15, -0.1) is 0 Å². The van der Waals surface area contributed by atoms with Crippen molar-refractivity contribution >= 4 is 5.97 Å². The van der Waals surface area contributed by atoms with Gasteiger partial charge in [0.05, 0.1) is 0 Å². The fourth-order valence-electron chi connectivity index (χ4n) is 1.50. The molecule has 0 aliphatic heterocycles. The quantitative estimate of drug-likeness (QED) is 0.701. The fraction of sp³-hybridized carbons (Fsp3) is 0.417. The number of hydrogen-bond acceptors (Lipinski definition) is 3. The Hall–Kier alpha value is -1.39. The maximum atomic E-state index is 11.0. The lowest BCUT2D eigenvalue weighted by Crippen LogP contribution is -2.45. The van der Waals surface area contributed by atoms with Gasteiger partial charge < -0.3 is 10.2 Å². The summed E-state index contributed by atoms with van der Waals surface area (Å²) in [5.41, 5.74) is 0.600. The zero-order valence-corrected chi connectivity index (χ0v) is 9.42. The number of nitrogens with one attached hydrogen (secondary N) is 1. The highest BCUT2D eigenvalue weighted by Crippen LogP contribution is 2.17. The van der Waals surface area contributed by atoms with E-state index in [-0.39, 0.29) is 6.04 Å². The Bertz CT molecular complexity index is 337. The Kier molecular flexibility index (Phi) is 4.46. The average molecular weight is 223 g/mol. The summed E-state index contributed by atoms with van der Waals surface area (Å²) in [6, 6.07) is 7.80. The van der Waals surface area contributed by atoms with Gasteiger partial charge in [-0.2, -0.15) is 0 Å². The molecule has 88 valence electrons. The smallest absolute Gasteiger partial charge is 0.323 e. The van der Waals surface area contributed by atoms with Crippen LogP contribution >= 0.6 is 0 Å². The van der Waals surface area contributed by atoms with Crippen molar-refractivity contribution in [3.63, 3.8) is 0 Å². The molecular formula is C12H17NO3. The van der Waals surface area contributed by atoms with E-state index in [1.54, 1.807) is 24.3 Å². The number of rotatable bonds is 5. The van der Waals surface area contributed by atoms with Gasteiger partial charge in [-0.1, -0.05) is 44.2 Å². The third-order valence-electron chi connectivity index (χ3n) is 2.24. The van der Waals surface area contributed by atoms with E-state index in [1.165, 1.54) is 0 Å². The van der Waals surface area contributed by atoms with Crippen molar-refractivity contribution in [1.29, 1.82) is 0 Å². The third kappa shape index (κ3) is 3.32. The maximum Gasteiger partial charge on any atom is 0.323 e. The second kappa shape index (κ2) is 5.63. The van der Waals surface area contributed by atoms with E-state index in [2.05, 4.69) is 5.32 Å². The molecule has 1 aromatic carbocycles. The lowest BCUT2D eigenvalue weighted by Gasteiger charge is -2.22. The molecule has 0 radical (unpaired) electrons. The van der Waals surface area contributed by atoms with Crippen LogP contribution in [-0.4, -0.2) is 28.3 Å². The number of carboxylic acid groups (broad SMARTS) is 1. The zero-order valence-electron chi connectivity index (χ0n) is 9.42. The van der Waals surface area contributed by atoms with Gasteiger partial charge in [-0.25, -0.2) is 0 Å². The van der Waals surface area contributed by atoms with E-state index in [4.69, 9.17) is 5.11 Å². The van der Waals surface area contributed by atoms with Crippen LogP contribution in [0.5, 0.6) is 0 Å². The zero-order chi connectivity index (χ0) is 12.1. The standard InChI is InChI=1S/C12H17NO3/c1-8(2)13-10(12(15)16)11(14)9-6-4-3-5-7-9/h3-8,10-11,13-14H,1-2H3,(H,15,16). The first-order valence-electron chi connectivity index (χ1n) is 5.24. The van der Waals surface area contributed by atoms with Gasteiger partial charge in [0.15, 0.2) is 0 Å². The first-order chi connectivity index (χ1) is 7.52.